The number of likely N-dealkylation sites (tertiary alicyclic amines) is 1. The molecule has 30 heavy (non-hydrogen) atoms. The Hall–Kier alpha value is -2.41. The average molecular weight is 408 g/mol. The molecule has 2 aliphatic rings. The van der Waals surface area contributed by atoms with E-state index in [9.17, 15) is 5.11 Å². The number of aromatic nitrogens is 2. The summed E-state index contributed by atoms with van der Waals surface area (Å²) in [6, 6.07) is 16.4. The van der Waals surface area contributed by atoms with Crippen LogP contribution in [0.15, 0.2) is 54.9 Å². The van der Waals surface area contributed by atoms with Crippen molar-refractivity contribution >= 4 is 11.0 Å². The number of para-hydroxylation sites is 2. The summed E-state index contributed by atoms with van der Waals surface area (Å²) >= 11 is 0. The summed E-state index contributed by atoms with van der Waals surface area (Å²) in [4.78, 5) is 7.03. The number of benzene rings is 2. The van der Waals surface area contributed by atoms with Gasteiger partial charge in [0, 0.05) is 19.6 Å². The van der Waals surface area contributed by atoms with Crippen molar-refractivity contribution in [1.82, 2.24) is 14.5 Å². The van der Waals surface area contributed by atoms with E-state index in [4.69, 9.17) is 9.84 Å². The van der Waals surface area contributed by atoms with Crippen molar-refractivity contribution < 1.29 is 14.9 Å². The maximum atomic E-state index is 10.9. The van der Waals surface area contributed by atoms with Crippen LogP contribution in [0.5, 0.6) is 5.75 Å². The first kappa shape index (κ1) is 19.5. The number of aliphatic hydroxyl groups is 2. The molecule has 6 nitrogen and oxygen atoms in total. The molecular formula is C24H29N3O3. The van der Waals surface area contributed by atoms with Gasteiger partial charge in [0.25, 0.3) is 0 Å². The molecule has 0 spiro atoms. The zero-order chi connectivity index (χ0) is 20.5. The first-order valence-corrected chi connectivity index (χ1v) is 10.9. The van der Waals surface area contributed by atoms with Crippen molar-refractivity contribution in [2.75, 3.05) is 26.3 Å². The second kappa shape index (κ2) is 8.38. The third kappa shape index (κ3) is 3.83. The van der Waals surface area contributed by atoms with E-state index >= 15 is 0 Å². The molecule has 1 aliphatic heterocycles. The van der Waals surface area contributed by atoms with Crippen molar-refractivity contribution in [2.24, 2.45) is 11.8 Å². The summed E-state index contributed by atoms with van der Waals surface area (Å²) in [7, 11) is 0. The van der Waals surface area contributed by atoms with Crippen molar-refractivity contribution in [1.29, 1.82) is 0 Å². The number of rotatable bonds is 6. The topological polar surface area (TPSA) is 70.8 Å². The molecule has 1 aliphatic carbocycles. The van der Waals surface area contributed by atoms with Crippen LogP contribution in [-0.2, 0) is 6.54 Å². The number of hydrogen-bond acceptors (Lipinski definition) is 5. The minimum absolute atomic E-state index is 0.0232. The van der Waals surface area contributed by atoms with Gasteiger partial charge in [-0.3, -0.25) is 4.90 Å². The molecule has 2 N–H and O–H groups in total. The summed E-state index contributed by atoms with van der Waals surface area (Å²) in [5.74, 6) is 1.94. The third-order valence-electron chi connectivity index (χ3n) is 6.69. The molecule has 5 rings (SSSR count). The molecule has 0 radical (unpaired) electrons. The number of fused-ring (bicyclic) bond motifs is 2. The summed E-state index contributed by atoms with van der Waals surface area (Å²) in [5.41, 5.74) is 3.32. The lowest BCUT2D eigenvalue weighted by Gasteiger charge is -2.36. The molecule has 158 valence electrons. The Balaban J connectivity index is 1.27. The molecule has 0 bridgehead atoms. The lowest BCUT2D eigenvalue weighted by molar-refractivity contribution is 0.0374. The highest BCUT2D eigenvalue weighted by molar-refractivity contribution is 5.75. The molecule has 2 heterocycles. The predicted octanol–water partition coefficient (Wildman–Crippen LogP) is 2.85. The molecule has 6 heteroatoms. The lowest BCUT2D eigenvalue weighted by Crippen LogP contribution is -2.36. The van der Waals surface area contributed by atoms with Gasteiger partial charge in [-0.1, -0.05) is 24.3 Å². The molecule has 1 saturated heterocycles. The third-order valence-corrected chi connectivity index (χ3v) is 6.69. The lowest BCUT2D eigenvalue weighted by atomic mass is 9.77. The minimum Gasteiger partial charge on any atom is -0.491 e. The Bertz CT molecular complexity index is 1000. The average Bonchev–Trinajstić information content (AvgIpc) is 3.35. The van der Waals surface area contributed by atoms with Gasteiger partial charge in [0.15, 0.2) is 0 Å². The number of aliphatic hydroxyl groups excluding tert-OH is 2. The fourth-order valence-electron chi connectivity index (χ4n) is 5.33. The van der Waals surface area contributed by atoms with Crippen LogP contribution in [-0.4, -0.2) is 57.1 Å². The maximum absolute atomic E-state index is 10.9. The molecule has 0 unspecified atom stereocenters. The fraction of sp³-hybridized carbons (Fsp3) is 0.458. The largest absolute Gasteiger partial charge is 0.491 e. The molecule has 2 fully saturated rings. The standard InChI is InChI=1S/C24H29N3O3/c28-8-9-30-20-5-3-4-17(10-20)13-26-14-18-11-23(24(29)12-19(18)15-26)27-16-25-21-6-1-2-7-22(21)27/h1-7,10,16,18-19,23-24,28-29H,8-9,11-15H2/t18-,19+,23-,24-/m1/s1. The van der Waals surface area contributed by atoms with E-state index in [1.54, 1.807) is 0 Å². The minimum atomic E-state index is -0.334. The zero-order valence-corrected chi connectivity index (χ0v) is 17.1. The second-order valence-corrected chi connectivity index (χ2v) is 8.68. The summed E-state index contributed by atoms with van der Waals surface area (Å²) in [6.45, 7) is 3.32. The Morgan fingerprint density at radius 1 is 1.03 bits per heavy atom. The van der Waals surface area contributed by atoms with Gasteiger partial charge in [0.05, 0.1) is 36.1 Å². The highest BCUT2D eigenvalue weighted by Gasteiger charge is 2.42. The molecule has 1 saturated carbocycles. The fourth-order valence-corrected chi connectivity index (χ4v) is 5.33. The predicted molar refractivity (Wildman–Crippen MR) is 115 cm³/mol. The Morgan fingerprint density at radius 2 is 1.87 bits per heavy atom. The molecule has 0 amide bonds. The zero-order valence-electron chi connectivity index (χ0n) is 17.1. The first-order valence-electron chi connectivity index (χ1n) is 10.9. The summed E-state index contributed by atoms with van der Waals surface area (Å²) < 4.78 is 7.73. The second-order valence-electron chi connectivity index (χ2n) is 8.68. The van der Waals surface area contributed by atoms with Crippen molar-refractivity contribution in [3.05, 3.63) is 60.4 Å². The van der Waals surface area contributed by atoms with E-state index in [0.29, 0.717) is 18.4 Å². The van der Waals surface area contributed by atoms with Crippen molar-refractivity contribution in [3.8, 4) is 5.75 Å². The van der Waals surface area contributed by atoms with Gasteiger partial charge in [-0.25, -0.2) is 4.98 Å². The van der Waals surface area contributed by atoms with Gasteiger partial charge in [0.1, 0.15) is 12.4 Å². The van der Waals surface area contributed by atoms with Gasteiger partial charge < -0.3 is 19.5 Å². The summed E-state index contributed by atoms with van der Waals surface area (Å²) in [5, 5.41) is 19.9. The van der Waals surface area contributed by atoms with Gasteiger partial charge in [-0.05, 0) is 54.5 Å². The molecule has 2 aromatic carbocycles. The van der Waals surface area contributed by atoms with E-state index in [1.165, 1.54) is 5.56 Å². The number of imidazole rings is 1. The van der Waals surface area contributed by atoms with Gasteiger partial charge in [0.2, 0.25) is 0 Å². The normalized spacial score (nSPS) is 26.7. The van der Waals surface area contributed by atoms with Crippen molar-refractivity contribution in [2.45, 2.75) is 31.5 Å². The van der Waals surface area contributed by atoms with Crippen LogP contribution >= 0.6 is 0 Å². The quantitative estimate of drug-likeness (QED) is 0.658. The maximum Gasteiger partial charge on any atom is 0.119 e. The van der Waals surface area contributed by atoms with Crippen LogP contribution in [0.1, 0.15) is 24.4 Å². The first-order chi connectivity index (χ1) is 14.7. The molecule has 1 aromatic heterocycles. The molecular weight excluding hydrogens is 378 g/mol. The Labute approximate surface area is 176 Å². The van der Waals surface area contributed by atoms with E-state index < -0.39 is 0 Å². The van der Waals surface area contributed by atoms with E-state index in [2.05, 4.69) is 32.7 Å². The van der Waals surface area contributed by atoms with Gasteiger partial charge in [-0.2, -0.15) is 0 Å². The highest BCUT2D eigenvalue weighted by Crippen LogP contribution is 2.42. The SMILES string of the molecule is OCCOc1cccc(CN2C[C@H]3C[C@@H](n4cnc5ccccc54)[C@H](O)C[C@H]3C2)c1. The van der Waals surface area contributed by atoms with Crippen LogP contribution < -0.4 is 4.74 Å². The highest BCUT2D eigenvalue weighted by atomic mass is 16.5. The molecule has 3 aromatic rings. The van der Waals surface area contributed by atoms with Crippen LogP contribution in [0.25, 0.3) is 11.0 Å². The van der Waals surface area contributed by atoms with E-state index in [-0.39, 0.29) is 18.8 Å². The Morgan fingerprint density at radius 3 is 2.73 bits per heavy atom. The monoisotopic (exact) mass is 407 g/mol. The van der Waals surface area contributed by atoms with Gasteiger partial charge in [-0.15, -0.1) is 0 Å². The number of nitrogens with zero attached hydrogens (tertiary/aromatic N) is 3. The van der Waals surface area contributed by atoms with Crippen LogP contribution in [0, 0.1) is 11.8 Å². The Kier molecular flexibility index (Phi) is 5.46. The van der Waals surface area contributed by atoms with Crippen LogP contribution in [0.4, 0.5) is 0 Å². The van der Waals surface area contributed by atoms with Crippen LogP contribution in [0.3, 0.4) is 0 Å². The number of ether oxygens (including phenoxy) is 1. The smallest absolute Gasteiger partial charge is 0.119 e. The van der Waals surface area contributed by atoms with Crippen molar-refractivity contribution in [3.63, 3.8) is 0 Å². The van der Waals surface area contributed by atoms with Gasteiger partial charge >= 0.3 is 0 Å². The van der Waals surface area contributed by atoms with E-state index in [1.807, 2.05) is 36.7 Å². The molecule has 4 atom stereocenters. The number of hydrogen-bond donors (Lipinski definition) is 2. The van der Waals surface area contributed by atoms with E-state index in [0.717, 1.165) is 49.3 Å². The van der Waals surface area contributed by atoms with Crippen LogP contribution in [0.2, 0.25) is 0 Å². The summed E-state index contributed by atoms with van der Waals surface area (Å²) in [6.07, 6.45) is 3.39.